The largest absolute Gasteiger partial charge is 0.435 e. The average molecular weight is 305 g/mol. The van der Waals surface area contributed by atoms with E-state index in [0.29, 0.717) is 5.69 Å². The number of hydrogen-bond acceptors (Lipinski definition) is 3. The number of amides is 2. The number of benzene rings is 1. The lowest BCUT2D eigenvalue weighted by Crippen LogP contribution is -2.32. The highest BCUT2D eigenvalue weighted by Gasteiger charge is 2.59. The third kappa shape index (κ3) is 1.79. The van der Waals surface area contributed by atoms with Gasteiger partial charge in [-0.05, 0) is 42.5 Å². The number of nitrogens with zero attached hydrogens (tertiary/aromatic N) is 1. The average Bonchev–Trinajstić information content (AvgIpc) is 3.14. The van der Waals surface area contributed by atoms with Crippen molar-refractivity contribution < 1.29 is 23.1 Å². The molecule has 0 spiro atoms. The van der Waals surface area contributed by atoms with Gasteiger partial charge in [0.05, 0.1) is 17.5 Å². The van der Waals surface area contributed by atoms with Crippen molar-refractivity contribution >= 4 is 17.5 Å². The molecule has 1 saturated heterocycles. The SMILES string of the molecule is O=C1[C@H]2[C@H](C(=O)N1c1ccc(OC(F)F)cc1)[C@H]1C=C[C@H]2C1. The van der Waals surface area contributed by atoms with E-state index >= 15 is 0 Å². The zero-order valence-corrected chi connectivity index (χ0v) is 11.5. The predicted molar refractivity (Wildman–Crippen MR) is 73.3 cm³/mol. The van der Waals surface area contributed by atoms with Gasteiger partial charge in [-0.2, -0.15) is 8.78 Å². The number of hydrogen-bond donors (Lipinski definition) is 0. The maximum atomic E-state index is 12.6. The van der Waals surface area contributed by atoms with Gasteiger partial charge in [-0.3, -0.25) is 14.5 Å². The Morgan fingerprint density at radius 1 is 1.00 bits per heavy atom. The lowest BCUT2D eigenvalue weighted by atomic mass is 9.85. The first-order valence-electron chi connectivity index (χ1n) is 7.17. The van der Waals surface area contributed by atoms with Crippen LogP contribution in [0.2, 0.25) is 0 Å². The summed E-state index contributed by atoms with van der Waals surface area (Å²) in [5.41, 5.74) is 0.408. The molecule has 22 heavy (non-hydrogen) atoms. The lowest BCUT2D eigenvalue weighted by molar-refractivity contribution is -0.123. The fourth-order valence-electron chi connectivity index (χ4n) is 3.93. The molecule has 1 aromatic carbocycles. The van der Waals surface area contributed by atoms with Crippen LogP contribution in [0.4, 0.5) is 14.5 Å². The van der Waals surface area contributed by atoms with Gasteiger partial charge in [-0.25, -0.2) is 0 Å². The molecule has 4 rings (SSSR count). The lowest BCUT2D eigenvalue weighted by Gasteiger charge is -2.17. The van der Waals surface area contributed by atoms with Crippen LogP contribution in [0.5, 0.6) is 5.75 Å². The van der Waals surface area contributed by atoms with E-state index in [1.807, 2.05) is 12.2 Å². The molecular weight excluding hydrogens is 292 g/mol. The number of imide groups is 1. The van der Waals surface area contributed by atoms with E-state index in [1.165, 1.54) is 29.2 Å². The molecule has 2 amide bonds. The second-order valence-corrected chi connectivity index (χ2v) is 5.88. The Morgan fingerprint density at radius 3 is 2.05 bits per heavy atom. The molecule has 0 unspecified atom stereocenters. The number of halogens is 2. The summed E-state index contributed by atoms with van der Waals surface area (Å²) >= 11 is 0. The van der Waals surface area contributed by atoms with Crippen molar-refractivity contribution in [1.82, 2.24) is 0 Å². The van der Waals surface area contributed by atoms with Crippen LogP contribution in [0.15, 0.2) is 36.4 Å². The third-order valence-electron chi connectivity index (χ3n) is 4.79. The van der Waals surface area contributed by atoms with Gasteiger partial charge in [-0.15, -0.1) is 0 Å². The first-order chi connectivity index (χ1) is 10.6. The number of allylic oxidation sites excluding steroid dienone is 2. The van der Waals surface area contributed by atoms with Gasteiger partial charge in [0.1, 0.15) is 5.75 Å². The second kappa shape index (κ2) is 4.63. The van der Waals surface area contributed by atoms with Gasteiger partial charge in [0, 0.05) is 0 Å². The fourth-order valence-corrected chi connectivity index (χ4v) is 3.93. The summed E-state index contributed by atoms with van der Waals surface area (Å²) in [6.45, 7) is -2.90. The highest BCUT2D eigenvalue weighted by Crippen LogP contribution is 2.53. The Morgan fingerprint density at radius 2 is 1.55 bits per heavy atom. The minimum atomic E-state index is -2.90. The summed E-state index contributed by atoms with van der Waals surface area (Å²) < 4.78 is 28.6. The van der Waals surface area contributed by atoms with Gasteiger partial charge in [0.2, 0.25) is 11.8 Å². The molecule has 1 saturated carbocycles. The smallest absolute Gasteiger partial charge is 0.387 e. The summed E-state index contributed by atoms with van der Waals surface area (Å²) in [5, 5.41) is 0. The monoisotopic (exact) mass is 305 g/mol. The Kier molecular flexibility index (Phi) is 2.82. The van der Waals surface area contributed by atoms with Gasteiger partial charge < -0.3 is 4.74 Å². The molecule has 0 aromatic heterocycles. The minimum Gasteiger partial charge on any atom is -0.435 e. The van der Waals surface area contributed by atoms with Crippen LogP contribution in [0.3, 0.4) is 0 Å². The minimum absolute atomic E-state index is 0.000208. The van der Waals surface area contributed by atoms with Crippen molar-refractivity contribution in [3.05, 3.63) is 36.4 Å². The number of alkyl halides is 2. The third-order valence-corrected chi connectivity index (χ3v) is 4.79. The highest BCUT2D eigenvalue weighted by atomic mass is 19.3. The van der Waals surface area contributed by atoms with Crippen molar-refractivity contribution in [1.29, 1.82) is 0 Å². The van der Waals surface area contributed by atoms with E-state index in [9.17, 15) is 18.4 Å². The molecule has 0 radical (unpaired) electrons. The number of carbonyl (C=O) groups is 2. The molecule has 1 aromatic rings. The van der Waals surface area contributed by atoms with Gasteiger partial charge in [-0.1, -0.05) is 12.2 Å². The first kappa shape index (κ1) is 13.4. The van der Waals surface area contributed by atoms with Crippen LogP contribution in [0.1, 0.15) is 6.42 Å². The molecule has 0 N–H and O–H groups in total. The fraction of sp³-hybridized carbons (Fsp3) is 0.375. The molecule has 2 bridgehead atoms. The molecular formula is C16H13F2NO3. The summed E-state index contributed by atoms with van der Waals surface area (Å²) in [4.78, 5) is 26.3. The van der Waals surface area contributed by atoms with Crippen molar-refractivity contribution in [3.8, 4) is 5.75 Å². The maximum Gasteiger partial charge on any atom is 0.387 e. The Labute approximate surface area is 125 Å². The van der Waals surface area contributed by atoms with Gasteiger partial charge >= 0.3 is 6.61 Å². The van der Waals surface area contributed by atoms with Crippen LogP contribution in [-0.4, -0.2) is 18.4 Å². The Bertz CT molecular complexity index is 640. The van der Waals surface area contributed by atoms with E-state index in [2.05, 4.69) is 4.74 Å². The zero-order valence-electron chi connectivity index (χ0n) is 11.5. The van der Waals surface area contributed by atoms with Crippen LogP contribution in [0.25, 0.3) is 0 Å². The molecule has 3 aliphatic rings. The van der Waals surface area contributed by atoms with Crippen molar-refractivity contribution in [2.24, 2.45) is 23.7 Å². The summed E-state index contributed by atoms with van der Waals surface area (Å²) in [7, 11) is 0. The number of anilines is 1. The summed E-state index contributed by atoms with van der Waals surface area (Å²) in [6.07, 6.45) is 4.93. The summed E-state index contributed by atoms with van der Waals surface area (Å²) in [6, 6.07) is 5.60. The normalized spacial score (nSPS) is 32.2. The number of ether oxygens (including phenoxy) is 1. The molecule has 1 heterocycles. The van der Waals surface area contributed by atoms with Crippen LogP contribution in [-0.2, 0) is 9.59 Å². The van der Waals surface area contributed by atoms with E-state index in [4.69, 9.17) is 0 Å². The topological polar surface area (TPSA) is 46.6 Å². The van der Waals surface area contributed by atoms with Gasteiger partial charge in [0.15, 0.2) is 0 Å². The molecule has 114 valence electrons. The molecule has 2 fully saturated rings. The molecule has 4 nitrogen and oxygen atoms in total. The predicted octanol–water partition coefficient (Wildman–Crippen LogP) is 2.60. The second-order valence-electron chi connectivity index (χ2n) is 5.88. The first-order valence-corrected chi connectivity index (χ1v) is 7.17. The highest BCUT2D eigenvalue weighted by molar-refractivity contribution is 6.22. The zero-order chi connectivity index (χ0) is 15.4. The van der Waals surface area contributed by atoms with E-state index in [0.717, 1.165) is 6.42 Å². The molecule has 6 heteroatoms. The standard InChI is InChI=1S/C16H13F2NO3/c17-16(18)22-11-5-3-10(4-6-11)19-14(20)12-8-1-2-9(7-8)13(12)15(19)21/h1-6,8-9,12-13,16H,7H2/t8-,9-,12+,13+/m0/s1. The van der Waals surface area contributed by atoms with Crippen LogP contribution >= 0.6 is 0 Å². The van der Waals surface area contributed by atoms with Crippen molar-refractivity contribution in [2.45, 2.75) is 13.0 Å². The molecule has 2 aliphatic carbocycles. The number of carbonyl (C=O) groups excluding carboxylic acids is 2. The van der Waals surface area contributed by atoms with E-state index in [1.54, 1.807) is 0 Å². The van der Waals surface area contributed by atoms with Crippen molar-refractivity contribution in [3.63, 3.8) is 0 Å². The summed E-state index contributed by atoms with van der Waals surface area (Å²) in [5.74, 6) is -0.599. The van der Waals surface area contributed by atoms with Crippen LogP contribution < -0.4 is 9.64 Å². The quantitative estimate of drug-likeness (QED) is 0.637. The Balaban J connectivity index is 1.61. The van der Waals surface area contributed by atoms with Gasteiger partial charge in [0.25, 0.3) is 0 Å². The number of fused-ring (bicyclic) bond motifs is 5. The van der Waals surface area contributed by atoms with Crippen LogP contribution in [0, 0.1) is 23.7 Å². The molecule has 1 aliphatic heterocycles. The van der Waals surface area contributed by atoms with E-state index < -0.39 is 6.61 Å². The maximum absolute atomic E-state index is 12.6. The number of rotatable bonds is 3. The molecule has 4 atom stereocenters. The Hall–Kier alpha value is -2.24. The van der Waals surface area contributed by atoms with Crippen molar-refractivity contribution in [2.75, 3.05) is 4.90 Å². The van der Waals surface area contributed by atoms with E-state index in [-0.39, 0.29) is 41.2 Å².